The molecule has 3 rings (SSSR count). The number of aromatic nitrogens is 2. The van der Waals surface area contributed by atoms with Gasteiger partial charge in [0.15, 0.2) is 5.82 Å². The quantitative estimate of drug-likeness (QED) is 0.657. The van der Waals surface area contributed by atoms with Crippen LogP contribution in [0.4, 0.5) is 19.0 Å². The van der Waals surface area contributed by atoms with Crippen LogP contribution < -0.4 is 14.8 Å². The fourth-order valence-corrected chi connectivity index (χ4v) is 2.70. The van der Waals surface area contributed by atoms with Crippen LogP contribution >= 0.6 is 0 Å². The van der Waals surface area contributed by atoms with Crippen LogP contribution in [0.15, 0.2) is 54.7 Å². The van der Waals surface area contributed by atoms with Gasteiger partial charge >= 0.3 is 6.18 Å². The Hall–Kier alpha value is -3.29. The number of nitrogens with one attached hydrogen (secondary N) is 1. The molecular formula is C20H18F3N3O2. The van der Waals surface area contributed by atoms with Crippen LogP contribution in [0, 0.1) is 0 Å². The average molecular weight is 389 g/mol. The monoisotopic (exact) mass is 389 g/mol. The molecule has 8 heteroatoms. The number of hydrogen-bond donors (Lipinski definition) is 1. The van der Waals surface area contributed by atoms with Gasteiger partial charge in [0.2, 0.25) is 0 Å². The van der Waals surface area contributed by atoms with Crippen molar-refractivity contribution in [3.8, 4) is 22.9 Å². The molecule has 0 atom stereocenters. The molecule has 1 aromatic heterocycles. The van der Waals surface area contributed by atoms with Gasteiger partial charge in [-0.25, -0.2) is 9.97 Å². The smallest absolute Gasteiger partial charge is 0.417 e. The van der Waals surface area contributed by atoms with E-state index in [1.165, 1.54) is 24.4 Å². The molecule has 0 spiro atoms. The summed E-state index contributed by atoms with van der Waals surface area (Å²) < 4.78 is 50.3. The molecule has 0 aliphatic carbocycles. The van der Waals surface area contributed by atoms with E-state index >= 15 is 0 Å². The van der Waals surface area contributed by atoms with Gasteiger partial charge in [-0.05, 0) is 24.3 Å². The molecule has 1 N–H and O–H groups in total. The van der Waals surface area contributed by atoms with Gasteiger partial charge < -0.3 is 14.8 Å². The summed E-state index contributed by atoms with van der Waals surface area (Å²) in [4.78, 5) is 8.24. The summed E-state index contributed by atoms with van der Waals surface area (Å²) in [6.45, 7) is 0.366. The van der Waals surface area contributed by atoms with Gasteiger partial charge in [-0.1, -0.05) is 18.2 Å². The summed E-state index contributed by atoms with van der Waals surface area (Å²) in [6.07, 6.45) is -3.07. The van der Waals surface area contributed by atoms with Gasteiger partial charge in [-0.15, -0.1) is 0 Å². The second-order valence-electron chi connectivity index (χ2n) is 5.84. The first-order chi connectivity index (χ1) is 13.4. The minimum absolute atomic E-state index is 0.000351. The molecule has 0 unspecified atom stereocenters. The second kappa shape index (κ2) is 8.16. The van der Waals surface area contributed by atoms with Crippen LogP contribution in [-0.4, -0.2) is 24.2 Å². The second-order valence-corrected chi connectivity index (χ2v) is 5.84. The summed E-state index contributed by atoms with van der Waals surface area (Å²) in [7, 11) is 3.11. The van der Waals surface area contributed by atoms with E-state index in [9.17, 15) is 13.2 Å². The van der Waals surface area contributed by atoms with Crippen molar-refractivity contribution in [1.29, 1.82) is 0 Å². The van der Waals surface area contributed by atoms with Crippen LogP contribution in [0.25, 0.3) is 11.4 Å². The van der Waals surface area contributed by atoms with Crippen molar-refractivity contribution < 1.29 is 22.6 Å². The lowest BCUT2D eigenvalue weighted by molar-refractivity contribution is -0.137. The Morgan fingerprint density at radius 2 is 1.79 bits per heavy atom. The van der Waals surface area contributed by atoms with Crippen molar-refractivity contribution in [1.82, 2.24) is 9.97 Å². The maximum absolute atomic E-state index is 13.3. The Morgan fingerprint density at radius 3 is 2.50 bits per heavy atom. The Balaban J connectivity index is 1.84. The van der Waals surface area contributed by atoms with Crippen LogP contribution in [0.2, 0.25) is 0 Å². The van der Waals surface area contributed by atoms with E-state index in [1.807, 2.05) is 6.07 Å². The summed E-state index contributed by atoms with van der Waals surface area (Å²) in [5, 5.41) is 3.09. The highest BCUT2D eigenvalue weighted by molar-refractivity contribution is 5.62. The lowest BCUT2D eigenvalue weighted by Crippen LogP contribution is -2.09. The van der Waals surface area contributed by atoms with Crippen molar-refractivity contribution in [2.75, 3.05) is 19.5 Å². The van der Waals surface area contributed by atoms with E-state index in [4.69, 9.17) is 9.47 Å². The number of halogens is 3. The molecule has 146 valence electrons. The highest BCUT2D eigenvalue weighted by Crippen LogP contribution is 2.35. The molecule has 0 saturated heterocycles. The predicted octanol–water partition coefficient (Wildman–Crippen LogP) is 4.79. The van der Waals surface area contributed by atoms with E-state index in [0.29, 0.717) is 23.9 Å². The molecule has 0 fully saturated rings. The van der Waals surface area contributed by atoms with Gasteiger partial charge in [0.1, 0.15) is 17.3 Å². The Morgan fingerprint density at radius 1 is 1.00 bits per heavy atom. The van der Waals surface area contributed by atoms with Crippen molar-refractivity contribution in [2.24, 2.45) is 0 Å². The highest BCUT2D eigenvalue weighted by atomic mass is 19.4. The van der Waals surface area contributed by atoms with E-state index in [0.717, 1.165) is 11.6 Å². The first-order valence-electron chi connectivity index (χ1n) is 8.37. The standard InChI is InChI=1S/C20H18F3N3O2/c1-27-14-8-7-13(17(11-14)28-2)12-25-18-9-10-24-19(26-18)15-5-3-4-6-16(15)20(21,22)23/h3-11H,12H2,1-2H3,(H,24,25,26). The summed E-state index contributed by atoms with van der Waals surface area (Å²) in [5.74, 6) is 1.69. The lowest BCUT2D eigenvalue weighted by atomic mass is 10.1. The zero-order chi connectivity index (χ0) is 20.1. The first kappa shape index (κ1) is 19.5. The van der Waals surface area contributed by atoms with Crippen LogP contribution in [0.1, 0.15) is 11.1 Å². The molecule has 3 aromatic rings. The topological polar surface area (TPSA) is 56.3 Å². The third-order valence-corrected chi connectivity index (χ3v) is 4.08. The molecule has 5 nitrogen and oxygen atoms in total. The van der Waals surface area contributed by atoms with Gasteiger partial charge in [0.05, 0.1) is 19.8 Å². The molecule has 0 aliphatic rings. The van der Waals surface area contributed by atoms with Gasteiger partial charge in [0, 0.05) is 29.9 Å². The minimum Gasteiger partial charge on any atom is -0.497 e. The molecule has 0 bridgehead atoms. The van der Waals surface area contributed by atoms with Crippen LogP contribution in [-0.2, 0) is 12.7 Å². The van der Waals surface area contributed by atoms with Crippen molar-refractivity contribution in [3.05, 3.63) is 65.9 Å². The number of hydrogen-bond acceptors (Lipinski definition) is 5. The number of alkyl halides is 3. The van der Waals surface area contributed by atoms with Gasteiger partial charge in [-0.2, -0.15) is 13.2 Å². The fourth-order valence-electron chi connectivity index (χ4n) is 2.70. The molecule has 2 aromatic carbocycles. The maximum Gasteiger partial charge on any atom is 0.417 e. The Bertz CT molecular complexity index is 961. The van der Waals surface area contributed by atoms with Gasteiger partial charge in [-0.3, -0.25) is 0 Å². The van der Waals surface area contributed by atoms with Crippen molar-refractivity contribution in [2.45, 2.75) is 12.7 Å². The molecule has 0 saturated carbocycles. The number of methoxy groups -OCH3 is 2. The highest BCUT2D eigenvalue weighted by Gasteiger charge is 2.34. The van der Waals surface area contributed by atoms with Crippen LogP contribution in [0.3, 0.4) is 0 Å². The summed E-state index contributed by atoms with van der Waals surface area (Å²) in [5.41, 5.74) is 0.00352. The zero-order valence-electron chi connectivity index (χ0n) is 15.2. The van der Waals surface area contributed by atoms with E-state index < -0.39 is 11.7 Å². The lowest BCUT2D eigenvalue weighted by Gasteiger charge is -2.13. The van der Waals surface area contributed by atoms with E-state index in [-0.39, 0.29) is 11.4 Å². The van der Waals surface area contributed by atoms with Crippen molar-refractivity contribution in [3.63, 3.8) is 0 Å². The average Bonchev–Trinajstić information content (AvgIpc) is 2.71. The molecule has 0 amide bonds. The molecule has 1 heterocycles. The van der Waals surface area contributed by atoms with Gasteiger partial charge in [0.25, 0.3) is 0 Å². The van der Waals surface area contributed by atoms with Crippen LogP contribution in [0.5, 0.6) is 11.5 Å². The molecule has 0 radical (unpaired) electrons. The number of anilines is 1. The van der Waals surface area contributed by atoms with E-state index in [2.05, 4.69) is 15.3 Å². The number of ether oxygens (including phenoxy) is 2. The first-order valence-corrected chi connectivity index (χ1v) is 8.37. The molecular weight excluding hydrogens is 371 g/mol. The fraction of sp³-hybridized carbons (Fsp3) is 0.200. The maximum atomic E-state index is 13.3. The normalized spacial score (nSPS) is 11.2. The third kappa shape index (κ3) is 4.33. The predicted molar refractivity (Wildman–Crippen MR) is 99.3 cm³/mol. The third-order valence-electron chi connectivity index (χ3n) is 4.08. The zero-order valence-corrected chi connectivity index (χ0v) is 15.2. The van der Waals surface area contributed by atoms with Crippen molar-refractivity contribution >= 4 is 5.82 Å². The molecule has 28 heavy (non-hydrogen) atoms. The summed E-state index contributed by atoms with van der Waals surface area (Å²) >= 11 is 0. The SMILES string of the molecule is COc1ccc(CNc2ccnc(-c3ccccc3C(F)(F)F)n2)c(OC)c1. The van der Waals surface area contributed by atoms with E-state index in [1.54, 1.807) is 32.4 Å². The number of benzene rings is 2. The Labute approximate surface area is 160 Å². The Kier molecular flexibility index (Phi) is 5.67. The number of rotatable bonds is 6. The minimum atomic E-state index is -4.49. The number of nitrogens with zero attached hydrogens (tertiary/aromatic N) is 2. The molecule has 0 aliphatic heterocycles. The largest absolute Gasteiger partial charge is 0.497 e. The summed E-state index contributed by atoms with van der Waals surface area (Å²) in [6, 6.07) is 12.2.